The van der Waals surface area contributed by atoms with Crippen molar-refractivity contribution in [3.05, 3.63) is 71.9 Å². The summed E-state index contributed by atoms with van der Waals surface area (Å²) in [4.78, 5) is 23.3. The number of anilines is 1. The van der Waals surface area contributed by atoms with E-state index >= 15 is 0 Å². The number of nitriles is 1. The number of carbonyl (C=O) groups is 2. The molecule has 0 atom stereocenters. The van der Waals surface area contributed by atoms with Gasteiger partial charge in [-0.1, -0.05) is 36.4 Å². The summed E-state index contributed by atoms with van der Waals surface area (Å²) in [5, 5.41) is 21.9. The lowest BCUT2D eigenvalue weighted by atomic mass is 10.1. The van der Waals surface area contributed by atoms with Crippen molar-refractivity contribution in [3.8, 4) is 6.07 Å². The molecule has 134 valence electrons. The molecule has 0 saturated carbocycles. The van der Waals surface area contributed by atoms with Crippen LogP contribution in [0.5, 0.6) is 0 Å². The number of hydrogen-bond acceptors (Lipinski definition) is 3. The van der Waals surface area contributed by atoms with E-state index in [2.05, 4.69) is 5.32 Å². The summed E-state index contributed by atoms with van der Waals surface area (Å²) in [5.74, 6) is -1.38. The Morgan fingerprint density at radius 1 is 1.11 bits per heavy atom. The third-order valence-electron chi connectivity index (χ3n) is 4.08. The smallest absolute Gasteiger partial charge is 0.305 e. The van der Waals surface area contributed by atoms with Crippen LogP contribution in [-0.2, 0) is 16.1 Å². The van der Waals surface area contributed by atoms with Crippen molar-refractivity contribution in [2.45, 2.75) is 13.0 Å². The van der Waals surface area contributed by atoms with Crippen molar-refractivity contribution in [2.24, 2.45) is 0 Å². The maximum atomic E-state index is 12.4. The van der Waals surface area contributed by atoms with E-state index in [9.17, 15) is 14.9 Å². The van der Waals surface area contributed by atoms with Crippen molar-refractivity contribution < 1.29 is 14.7 Å². The molecule has 3 aromatic rings. The maximum absolute atomic E-state index is 12.4. The van der Waals surface area contributed by atoms with Crippen LogP contribution in [0.3, 0.4) is 0 Å². The fourth-order valence-corrected chi connectivity index (χ4v) is 2.82. The van der Waals surface area contributed by atoms with Crippen molar-refractivity contribution in [2.75, 3.05) is 5.32 Å². The minimum Gasteiger partial charge on any atom is -0.481 e. The van der Waals surface area contributed by atoms with E-state index in [0.717, 1.165) is 10.9 Å². The second kappa shape index (κ2) is 8.02. The fraction of sp³-hybridized carbons (Fsp3) is 0.0952. The van der Waals surface area contributed by atoms with Crippen LogP contribution in [0.1, 0.15) is 12.0 Å². The van der Waals surface area contributed by atoms with Gasteiger partial charge in [0.2, 0.25) is 0 Å². The summed E-state index contributed by atoms with van der Waals surface area (Å²) < 4.78 is 1.82. The van der Waals surface area contributed by atoms with Gasteiger partial charge in [-0.05, 0) is 24.3 Å². The third kappa shape index (κ3) is 4.22. The van der Waals surface area contributed by atoms with Crippen LogP contribution in [0, 0.1) is 11.3 Å². The summed E-state index contributed by atoms with van der Waals surface area (Å²) >= 11 is 0. The van der Waals surface area contributed by atoms with Gasteiger partial charge in [0.1, 0.15) is 11.6 Å². The number of aromatic nitrogens is 1. The van der Waals surface area contributed by atoms with E-state index in [4.69, 9.17) is 5.11 Å². The molecule has 0 unspecified atom stereocenters. The molecule has 6 nitrogen and oxygen atoms in total. The first-order valence-electron chi connectivity index (χ1n) is 8.36. The summed E-state index contributed by atoms with van der Waals surface area (Å²) in [7, 11) is 0. The van der Waals surface area contributed by atoms with Gasteiger partial charge in [0.05, 0.1) is 6.42 Å². The number of hydrogen-bond donors (Lipinski definition) is 2. The van der Waals surface area contributed by atoms with Crippen LogP contribution in [0.2, 0.25) is 0 Å². The van der Waals surface area contributed by atoms with Gasteiger partial charge in [-0.3, -0.25) is 9.59 Å². The highest BCUT2D eigenvalue weighted by Crippen LogP contribution is 2.24. The van der Waals surface area contributed by atoms with E-state index < -0.39 is 11.9 Å². The Kier molecular flexibility index (Phi) is 5.33. The molecule has 1 heterocycles. The number of carboxylic acid groups (broad SMARTS) is 1. The van der Waals surface area contributed by atoms with Crippen molar-refractivity contribution >= 4 is 34.5 Å². The molecule has 0 aliphatic carbocycles. The minimum atomic E-state index is -0.884. The van der Waals surface area contributed by atoms with E-state index in [0.29, 0.717) is 17.8 Å². The van der Waals surface area contributed by atoms with Crippen LogP contribution in [0.4, 0.5) is 5.69 Å². The molecule has 27 heavy (non-hydrogen) atoms. The highest BCUT2D eigenvalue weighted by molar-refractivity contribution is 6.10. The highest BCUT2D eigenvalue weighted by Gasteiger charge is 2.13. The number of carboxylic acids is 1. The molecule has 0 spiro atoms. The van der Waals surface area contributed by atoms with E-state index in [1.807, 2.05) is 41.0 Å². The number of carbonyl (C=O) groups excluding carboxylic acids is 1. The van der Waals surface area contributed by atoms with Gasteiger partial charge in [0, 0.05) is 34.9 Å². The second-order valence-electron chi connectivity index (χ2n) is 5.93. The van der Waals surface area contributed by atoms with Gasteiger partial charge >= 0.3 is 5.97 Å². The quantitative estimate of drug-likeness (QED) is 0.519. The summed E-state index contributed by atoms with van der Waals surface area (Å²) in [6, 6.07) is 18.3. The lowest BCUT2D eigenvalue weighted by Gasteiger charge is -2.03. The van der Waals surface area contributed by atoms with Crippen molar-refractivity contribution in [1.29, 1.82) is 5.26 Å². The summed E-state index contributed by atoms with van der Waals surface area (Å²) in [6.45, 7) is 0.307. The zero-order valence-corrected chi connectivity index (χ0v) is 14.4. The van der Waals surface area contributed by atoms with Gasteiger partial charge in [-0.2, -0.15) is 5.26 Å². The first-order chi connectivity index (χ1) is 13.1. The molecule has 0 aliphatic rings. The van der Waals surface area contributed by atoms with Crippen LogP contribution in [0.15, 0.2) is 66.4 Å². The molecule has 2 N–H and O–H groups in total. The van der Waals surface area contributed by atoms with Crippen LogP contribution >= 0.6 is 0 Å². The number of amides is 1. The van der Waals surface area contributed by atoms with E-state index in [1.165, 1.54) is 6.08 Å². The Labute approximate surface area is 156 Å². The molecule has 0 aliphatic heterocycles. The fourth-order valence-electron chi connectivity index (χ4n) is 2.82. The number of aliphatic carboxylic acids is 1. The first kappa shape index (κ1) is 18.0. The number of nitrogens with zero attached hydrogens (tertiary/aromatic N) is 2. The Morgan fingerprint density at radius 2 is 1.81 bits per heavy atom. The van der Waals surface area contributed by atoms with Crippen molar-refractivity contribution in [1.82, 2.24) is 4.57 Å². The number of nitrogens with one attached hydrogen (secondary N) is 1. The topological polar surface area (TPSA) is 95.1 Å². The molecule has 1 amide bonds. The number of rotatable bonds is 6. The SMILES string of the molecule is N#C/C(=C\c1cn(CCC(=O)O)c2ccccc12)C(=O)Nc1ccccc1. The maximum Gasteiger partial charge on any atom is 0.305 e. The van der Waals surface area contributed by atoms with Gasteiger partial charge in [0.15, 0.2) is 0 Å². The van der Waals surface area contributed by atoms with Crippen molar-refractivity contribution in [3.63, 3.8) is 0 Å². The molecule has 6 heteroatoms. The number of benzene rings is 2. The van der Waals surface area contributed by atoms with E-state index in [1.54, 1.807) is 30.5 Å². The first-order valence-corrected chi connectivity index (χ1v) is 8.36. The molecular formula is C21H17N3O3. The third-order valence-corrected chi connectivity index (χ3v) is 4.08. The zero-order chi connectivity index (χ0) is 19.2. The number of para-hydroxylation sites is 2. The van der Waals surface area contributed by atoms with Crippen LogP contribution in [0.25, 0.3) is 17.0 Å². The monoisotopic (exact) mass is 359 g/mol. The lowest BCUT2D eigenvalue weighted by Crippen LogP contribution is -2.13. The van der Waals surface area contributed by atoms with E-state index in [-0.39, 0.29) is 12.0 Å². The normalized spacial score (nSPS) is 11.1. The summed E-state index contributed by atoms with van der Waals surface area (Å²) in [6.07, 6.45) is 3.28. The molecule has 0 fully saturated rings. The van der Waals surface area contributed by atoms with Gasteiger partial charge in [0.25, 0.3) is 5.91 Å². The highest BCUT2D eigenvalue weighted by atomic mass is 16.4. The molecular weight excluding hydrogens is 342 g/mol. The zero-order valence-electron chi connectivity index (χ0n) is 14.4. The average molecular weight is 359 g/mol. The Balaban J connectivity index is 1.94. The molecule has 0 bridgehead atoms. The Hall–Kier alpha value is -3.85. The van der Waals surface area contributed by atoms with Crippen LogP contribution in [-0.4, -0.2) is 21.6 Å². The molecule has 2 aromatic carbocycles. The van der Waals surface area contributed by atoms with Gasteiger partial charge < -0.3 is 15.0 Å². The Morgan fingerprint density at radius 3 is 2.52 bits per heavy atom. The largest absolute Gasteiger partial charge is 0.481 e. The van der Waals surface area contributed by atoms with Gasteiger partial charge in [-0.25, -0.2) is 0 Å². The van der Waals surface area contributed by atoms with Gasteiger partial charge in [-0.15, -0.1) is 0 Å². The lowest BCUT2D eigenvalue weighted by molar-refractivity contribution is -0.137. The molecule has 0 radical (unpaired) electrons. The molecule has 1 aromatic heterocycles. The van der Waals surface area contributed by atoms with Crippen LogP contribution < -0.4 is 5.32 Å². The minimum absolute atomic E-state index is 0.0125. The number of aryl methyl sites for hydroxylation is 1. The summed E-state index contributed by atoms with van der Waals surface area (Å²) in [5.41, 5.74) is 2.12. The predicted octanol–water partition coefficient (Wildman–Crippen LogP) is 3.66. The second-order valence-corrected chi connectivity index (χ2v) is 5.93. The number of fused-ring (bicyclic) bond motifs is 1. The molecule has 3 rings (SSSR count). The standard InChI is InChI=1S/C21H17N3O3/c22-13-15(21(27)23-17-6-2-1-3-7-17)12-16-14-24(11-10-20(25)26)19-9-5-4-8-18(16)19/h1-9,12,14H,10-11H2,(H,23,27)(H,25,26)/b15-12+. The molecule has 0 saturated heterocycles. The Bertz CT molecular complexity index is 1060. The predicted molar refractivity (Wildman–Crippen MR) is 103 cm³/mol. The average Bonchev–Trinajstić information content (AvgIpc) is 3.03.